The molecule has 2 rings (SSSR count). The molecule has 1 saturated heterocycles. The van der Waals surface area contributed by atoms with Gasteiger partial charge in [-0.15, -0.1) is 11.3 Å². The summed E-state index contributed by atoms with van der Waals surface area (Å²) in [6, 6.07) is 3.09. The highest BCUT2D eigenvalue weighted by atomic mass is 35.5. The van der Waals surface area contributed by atoms with Crippen LogP contribution < -0.4 is 5.32 Å². The average Bonchev–Trinajstić information content (AvgIpc) is 2.65. The lowest BCUT2D eigenvalue weighted by atomic mass is 10.0. The molecular weight excluding hydrogens is 240 g/mol. The summed E-state index contributed by atoms with van der Waals surface area (Å²) in [6.07, 6.45) is 2.58. The molecule has 1 fully saturated rings. The third-order valence-electron chi connectivity index (χ3n) is 3.20. The topological polar surface area (TPSA) is 15.3 Å². The highest BCUT2D eigenvalue weighted by molar-refractivity contribution is 7.14. The number of likely N-dealkylation sites (N-methyl/N-ethyl adjacent to an activating group) is 1. The van der Waals surface area contributed by atoms with Crippen molar-refractivity contribution in [2.24, 2.45) is 0 Å². The Morgan fingerprint density at radius 1 is 1.62 bits per heavy atom. The number of likely N-dealkylation sites (tertiary alicyclic amines) is 1. The summed E-state index contributed by atoms with van der Waals surface area (Å²) in [7, 11) is 2.19. The predicted octanol–water partition coefficient (Wildman–Crippen LogP) is 3.15. The first kappa shape index (κ1) is 12.4. The molecule has 2 nitrogen and oxygen atoms in total. The van der Waals surface area contributed by atoms with Crippen LogP contribution >= 0.6 is 22.9 Å². The molecule has 0 spiro atoms. The van der Waals surface area contributed by atoms with E-state index in [1.807, 2.05) is 0 Å². The maximum absolute atomic E-state index is 5.95. The van der Waals surface area contributed by atoms with Crippen molar-refractivity contribution in [3.63, 3.8) is 0 Å². The third-order valence-corrected chi connectivity index (χ3v) is 4.31. The normalized spacial score (nSPS) is 24.6. The molecule has 4 heteroatoms. The van der Waals surface area contributed by atoms with Gasteiger partial charge in [-0.25, -0.2) is 0 Å². The number of nitrogens with one attached hydrogen (secondary N) is 1. The Hall–Kier alpha value is -0.0900. The van der Waals surface area contributed by atoms with Crippen molar-refractivity contribution in [3.8, 4) is 0 Å². The Labute approximate surface area is 107 Å². The van der Waals surface area contributed by atoms with E-state index < -0.39 is 0 Å². The molecule has 0 aliphatic carbocycles. The second-order valence-corrected chi connectivity index (χ2v) is 6.22. The van der Waals surface area contributed by atoms with Crippen molar-refractivity contribution in [2.45, 2.75) is 31.8 Å². The molecule has 2 heterocycles. The smallest absolute Gasteiger partial charge is 0.0931 e. The molecule has 16 heavy (non-hydrogen) atoms. The molecule has 0 radical (unpaired) electrons. The van der Waals surface area contributed by atoms with Gasteiger partial charge in [0.25, 0.3) is 0 Å². The maximum atomic E-state index is 5.95. The zero-order chi connectivity index (χ0) is 11.5. The monoisotopic (exact) mass is 258 g/mol. The minimum Gasteiger partial charge on any atom is -0.306 e. The fourth-order valence-electron chi connectivity index (χ4n) is 2.30. The van der Waals surface area contributed by atoms with E-state index in [0.717, 1.165) is 10.9 Å². The van der Waals surface area contributed by atoms with E-state index in [0.29, 0.717) is 12.1 Å². The lowest BCUT2D eigenvalue weighted by Crippen LogP contribution is -2.44. The van der Waals surface area contributed by atoms with Crippen LogP contribution in [0.3, 0.4) is 0 Å². The minimum absolute atomic E-state index is 0.403. The molecule has 1 aliphatic heterocycles. The van der Waals surface area contributed by atoms with Crippen LogP contribution in [0.5, 0.6) is 0 Å². The Bertz CT molecular complexity index is 340. The molecule has 1 aliphatic rings. The Morgan fingerprint density at radius 3 is 3.06 bits per heavy atom. The molecule has 2 atom stereocenters. The summed E-state index contributed by atoms with van der Waals surface area (Å²) < 4.78 is 0.879. The Morgan fingerprint density at radius 2 is 2.44 bits per heavy atom. The summed E-state index contributed by atoms with van der Waals surface area (Å²) in [4.78, 5) is 2.40. The standard InChI is InChI=1S/C12H19ClN2S/c1-9(10-6-12(13)16-8-10)14-11-4-3-5-15(2)7-11/h6,8-9,11,14H,3-5,7H2,1-2H3. The van der Waals surface area contributed by atoms with Gasteiger partial charge in [0.15, 0.2) is 0 Å². The molecule has 0 saturated carbocycles. The summed E-state index contributed by atoms with van der Waals surface area (Å²) in [6.45, 7) is 4.60. The van der Waals surface area contributed by atoms with Crippen molar-refractivity contribution in [3.05, 3.63) is 21.3 Å². The van der Waals surface area contributed by atoms with E-state index in [4.69, 9.17) is 11.6 Å². The van der Waals surface area contributed by atoms with Crippen LogP contribution in [0.25, 0.3) is 0 Å². The van der Waals surface area contributed by atoms with Crippen LogP contribution in [0, 0.1) is 0 Å². The van der Waals surface area contributed by atoms with E-state index in [1.165, 1.54) is 24.9 Å². The second kappa shape index (κ2) is 5.50. The molecule has 1 aromatic rings. The van der Waals surface area contributed by atoms with Crippen LogP contribution in [-0.4, -0.2) is 31.1 Å². The van der Waals surface area contributed by atoms with Gasteiger partial charge in [-0.3, -0.25) is 0 Å². The molecule has 1 N–H and O–H groups in total. The van der Waals surface area contributed by atoms with Crippen LogP contribution in [0.2, 0.25) is 4.34 Å². The number of nitrogens with zero attached hydrogens (tertiary/aromatic N) is 1. The molecule has 0 bridgehead atoms. The highest BCUT2D eigenvalue weighted by Gasteiger charge is 2.19. The number of halogens is 1. The third kappa shape index (κ3) is 3.20. The fourth-order valence-corrected chi connectivity index (χ4v) is 3.29. The van der Waals surface area contributed by atoms with Crippen molar-refractivity contribution < 1.29 is 0 Å². The average molecular weight is 259 g/mol. The molecule has 0 aromatic carbocycles. The van der Waals surface area contributed by atoms with Crippen molar-refractivity contribution in [1.29, 1.82) is 0 Å². The maximum Gasteiger partial charge on any atom is 0.0931 e. The summed E-state index contributed by atoms with van der Waals surface area (Å²) in [5, 5.41) is 5.83. The van der Waals surface area contributed by atoms with E-state index in [2.05, 4.69) is 35.6 Å². The number of hydrogen-bond acceptors (Lipinski definition) is 3. The van der Waals surface area contributed by atoms with Gasteiger partial charge in [-0.05, 0) is 50.4 Å². The summed E-state index contributed by atoms with van der Waals surface area (Å²) in [5.74, 6) is 0. The van der Waals surface area contributed by atoms with Gasteiger partial charge in [-0.2, -0.15) is 0 Å². The largest absolute Gasteiger partial charge is 0.306 e. The number of hydrogen-bond donors (Lipinski definition) is 1. The lowest BCUT2D eigenvalue weighted by molar-refractivity contribution is 0.218. The van der Waals surface area contributed by atoms with E-state index in [1.54, 1.807) is 11.3 Å². The number of thiophene rings is 1. The van der Waals surface area contributed by atoms with Crippen LogP contribution in [-0.2, 0) is 0 Å². The number of rotatable bonds is 3. The second-order valence-electron chi connectivity index (χ2n) is 4.67. The van der Waals surface area contributed by atoms with Crippen LogP contribution in [0.1, 0.15) is 31.4 Å². The van der Waals surface area contributed by atoms with Gasteiger partial charge < -0.3 is 10.2 Å². The first-order valence-electron chi connectivity index (χ1n) is 5.83. The lowest BCUT2D eigenvalue weighted by Gasteiger charge is -2.32. The zero-order valence-electron chi connectivity index (χ0n) is 9.87. The van der Waals surface area contributed by atoms with Crippen molar-refractivity contribution in [2.75, 3.05) is 20.1 Å². The quantitative estimate of drug-likeness (QED) is 0.896. The molecule has 0 amide bonds. The van der Waals surface area contributed by atoms with Crippen LogP contribution in [0.4, 0.5) is 0 Å². The first-order valence-corrected chi connectivity index (χ1v) is 7.09. The Kier molecular flexibility index (Phi) is 4.25. The first-order chi connectivity index (χ1) is 7.65. The fraction of sp³-hybridized carbons (Fsp3) is 0.667. The predicted molar refractivity (Wildman–Crippen MR) is 71.4 cm³/mol. The molecule has 1 aromatic heterocycles. The van der Waals surface area contributed by atoms with E-state index in [9.17, 15) is 0 Å². The van der Waals surface area contributed by atoms with Gasteiger partial charge in [-0.1, -0.05) is 11.6 Å². The number of piperidine rings is 1. The highest BCUT2D eigenvalue weighted by Crippen LogP contribution is 2.25. The molecule has 90 valence electrons. The van der Waals surface area contributed by atoms with E-state index >= 15 is 0 Å². The zero-order valence-corrected chi connectivity index (χ0v) is 11.4. The molecular formula is C12H19ClN2S. The van der Waals surface area contributed by atoms with Gasteiger partial charge in [0.05, 0.1) is 4.34 Å². The van der Waals surface area contributed by atoms with Gasteiger partial charge in [0, 0.05) is 18.6 Å². The minimum atomic E-state index is 0.403. The van der Waals surface area contributed by atoms with Crippen molar-refractivity contribution >= 4 is 22.9 Å². The van der Waals surface area contributed by atoms with Gasteiger partial charge in [0.2, 0.25) is 0 Å². The molecule has 2 unspecified atom stereocenters. The van der Waals surface area contributed by atoms with Gasteiger partial charge >= 0.3 is 0 Å². The van der Waals surface area contributed by atoms with Crippen LogP contribution in [0.15, 0.2) is 11.4 Å². The summed E-state index contributed by atoms with van der Waals surface area (Å²) in [5.41, 5.74) is 1.31. The summed E-state index contributed by atoms with van der Waals surface area (Å²) >= 11 is 7.56. The van der Waals surface area contributed by atoms with E-state index in [-0.39, 0.29) is 0 Å². The van der Waals surface area contributed by atoms with Crippen molar-refractivity contribution in [1.82, 2.24) is 10.2 Å². The Balaban J connectivity index is 1.89. The van der Waals surface area contributed by atoms with Gasteiger partial charge in [0.1, 0.15) is 0 Å². The SMILES string of the molecule is CC(NC1CCCN(C)C1)c1csc(Cl)c1.